The fourth-order valence-corrected chi connectivity index (χ4v) is 2.08. The minimum absolute atomic E-state index is 0.483. The van der Waals surface area contributed by atoms with Crippen molar-refractivity contribution in [2.75, 3.05) is 12.4 Å². The molecule has 0 aromatic heterocycles. The summed E-state index contributed by atoms with van der Waals surface area (Å²) in [6.07, 6.45) is -1.11. The third-order valence-electron chi connectivity index (χ3n) is 2.52. The number of anilines is 1. The molecule has 0 radical (unpaired) electrons. The number of benzene rings is 1. The van der Waals surface area contributed by atoms with E-state index in [2.05, 4.69) is 4.74 Å². The van der Waals surface area contributed by atoms with Crippen LogP contribution in [0, 0.1) is 23.3 Å². The van der Waals surface area contributed by atoms with E-state index < -0.39 is 68.7 Å². The largest absolute Gasteiger partial charge is 0.744 e. The van der Waals surface area contributed by atoms with Crippen LogP contribution in [-0.2, 0) is 24.4 Å². The van der Waals surface area contributed by atoms with Gasteiger partial charge in [-0.1, -0.05) is 0 Å². The van der Waals surface area contributed by atoms with Crippen molar-refractivity contribution in [1.82, 2.24) is 0 Å². The van der Waals surface area contributed by atoms with Gasteiger partial charge in [0.25, 0.3) is 0 Å². The second-order valence-corrected chi connectivity index (χ2v) is 5.35. The van der Waals surface area contributed by atoms with Gasteiger partial charge in [-0.05, 0) is 0 Å². The molecule has 0 saturated heterocycles. The Morgan fingerprint density at radius 2 is 1.52 bits per heavy atom. The number of ether oxygens (including phenoxy) is 1. The first-order valence-corrected chi connectivity index (χ1v) is 7.10. The van der Waals surface area contributed by atoms with Crippen LogP contribution in [0.1, 0.15) is 12.8 Å². The summed E-state index contributed by atoms with van der Waals surface area (Å²) in [7, 11) is -4.81. The van der Waals surface area contributed by atoms with Gasteiger partial charge in [0.2, 0.25) is 5.91 Å². The standard InChI is InChI=1S/C11H9F4NO6S/c1-22-5(18)3-2-4(17)16-10-6(12)8(14)11(23(19,20)21)9(15)7(10)13/h2-3H2,1H3,(H,16,17)(H,19,20,21)/p-1. The Morgan fingerprint density at radius 3 is 1.91 bits per heavy atom. The summed E-state index contributed by atoms with van der Waals surface area (Å²) >= 11 is 0. The number of hydrogen-bond donors (Lipinski definition) is 1. The van der Waals surface area contributed by atoms with Crippen LogP contribution >= 0.6 is 0 Å². The predicted molar refractivity (Wildman–Crippen MR) is 64.1 cm³/mol. The number of methoxy groups -OCH3 is 1. The van der Waals surface area contributed by atoms with E-state index in [0.29, 0.717) is 0 Å². The average molecular weight is 358 g/mol. The molecule has 1 rings (SSSR count). The van der Waals surface area contributed by atoms with Gasteiger partial charge in [0.05, 0.1) is 13.5 Å². The SMILES string of the molecule is COC(=O)CCC(=O)Nc1c(F)c(F)c(S(=O)(=O)[O-])c(F)c1F. The van der Waals surface area contributed by atoms with Gasteiger partial charge in [0.1, 0.15) is 20.7 Å². The fourth-order valence-electron chi connectivity index (χ4n) is 1.46. The van der Waals surface area contributed by atoms with Gasteiger partial charge >= 0.3 is 5.97 Å². The lowest BCUT2D eigenvalue weighted by atomic mass is 10.2. The minimum atomic E-state index is -5.83. The number of carbonyl (C=O) groups excluding carboxylic acids is 2. The highest BCUT2D eigenvalue weighted by atomic mass is 32.2. The highest BCUT2D eigenvalue weighted by Gasteiger charge is 2.29. The Kier molecular flexibility index (Phi) is 5.66. The number of rotatable bonds is 5. The molecule has 128 valence electrons. The Labute approximate surface area is 127 Å². The molecule has 0 aliphatic carbocycles. The second kappa shape index (κ2) is 6.91. The van der Waals surface area contributed by atoms with Crippen molar-refractivity contribution in [3.8, 4) is 0 Å². The third-order valence-corrected chi connectivity index (χ3v) is 3.38. The van der Waals surface area contributed by atoms with Gasteiger partial charge < -0.3 is 14.6 Å². The monoisotopic (exact) mass is 358 g/mol. The molecule has 23 heavy (non-hydrogen) atoms. The highest BCUT2D eigenvalue weighted by molar-refractivity contribution is 7.85. The van der Waals surface area contributed by atoms with E-state index in [9.17, 15) is 40.1 Å². The first-order chi connectivity index (χ1) is 10.5. The van der Waals surface area contributed by atoms with E-state index in [1.54, 1.807) is 0 Å². The van der Waals surface area contributed by atoms with Crippen LogP contribution in [-0.4, -0.2) is 32.0 Å². The van der Waals surface area contributed by atoms with Crippen molar-refractivity contribution in [2.24, 2.45) is 0 Å². The van der Waals surface area contributed by atoms with E-state index in [4.69, 9.17) is 0 Å². The van der Waals surface area contributed by atoms with Crippen LogP contribution in [0.15, 0.2) is 4.90 Å². The molecule has 0 unspecified atom stereocenters. The minimum Gasteiger partial charge on any atom is -0.744 e. The lowest BCUT2D eigenvalue weighted by Crippen LogP contribution is -2.19. The second-order valence-electron chi connectivity index (χ2n) is 4.04. The third kappa shape index (κ3) is 4.16. The lowest BCUT2D eigenvalue weighted by molar-refractivity contribution is -0.141. The topological polar surface area (TPSA) is 113 Å². The molecule has 0 aliphatic heterocycles. The Bertz CT molecular complexity index is 735. The first kappa shape index (κ1) is 18.8. The smallest absolute Gasteiger partial charge is 0.306 e. The number of halogens is 4. The molecule has 0 bridgehead atoms. The van der Waals surface area contributed by atoms with Crippen LogP contribution < -0.4 is 5.32 Å². The maximum atomic E-state index is 13.6. The summed E-state index contributed by atoms with van der Waals surface area (Å²) in [4.78, 5) is 19.8. The van der Waals surface area contributed by atoms with Crippen LogP contribution in [0.2, 0.25) is 0 Å². The zero-order valence-corrected chi connectivity index (χ0v) is 12.1. The summed E-state index contributed by atoms with van der Waals surface area (Å²) in [5.41, 5.74) is -1.62. The molecule has 0 heterocycles. The molecule has 0 aliphatic rings. The molecular weight excluding hydrogens is 350 g/mol. The molecule has 7 nitrogen and oxygen atoms in total. The zero-order valence-electron chi connectivity index (χ0n) is 11.3. The average Bonchev–Trinajstić information content (AvgIpc) is 2.45. The van der Waals surface area contributed by atoms with Gasteiger partial charge in [-0.3, -0.25) is 9.59 Å². The van der Waals surface area contributed by atoms with Gasteiger partial charge in [-0.15, -0.1) is 0 Å². The van der Waals surface area contributed by atoms with E-state index in [1.165, 1.54) is 5.32 Å². The molecule has 0 atom stereocenters. The number of carbonyl (C=O) groups is 2. The summed E-state index contributed by atoms with van der Waals surface area (Å²) in [5.74, 6) is -11.5. The van der Waals surface area contributed by atoms with Crippen molar-refractivity contribution < 1.29 is 44.9 Å². The van der Waals surface area contributed by atoms with E-state index in [1.807, 2.05) is 0 Å². The molecule has 0 saturated carbocycles. The summed E-state index contributed by atoms with van der Waals surface area (Å²) in [6.45, 7) is 0. The Morgan fingerprint density at radius 1 is 1.04 bits per heavy atom. The Balaban J connectivity index is 3.20. The summed E-state index contributed by atoms with van der Waals surface area (Å²) < 4.78 is 90.0. The van der Waals surface area contributed by atoms with Crippen LogP contribution in [0.25, 0.3) is 0 Å². The van der Waals surface area contributed by atoms with Crippen molar-refractivity contribution in [2.45, 2.75) is 17.7 Å². The lowest BCUT2D eigenvalue weighted by Gasteiger charge is -2.14. The normalized spacial score (nSPS) is 11.2. The van der Waals surface area contributed by atoms with Crippen LogP contribution in [0.5, 0.6) is 0 Å². The van der Waals surface area contributed by atoms with Gasteiger partial charge in [-0.2, -0.15) is 0 Å². The van der Waals surface area contributed by atoms with Gasteiger partial charge in [0.15, 0.2) is 23.3 Å². The Hall–Kier alpha value is -2.21. The summed E-state index contributed by atoms with van der Waals surface area (Å²) in [6, 6.07) is 0. The number of nitrogens with one attached hydrogen (secondary N) is 1. The number of hydrogen-bond acceptors (Lipinski definition) is 6. The summed E-state index contributed by atoms with van der Waals surface area (Å²) in [5, 5.41) is 1.44. The molecule has 0 fully saturated rings. The fraction of sp³-hybridized carbons (Fsp3) is 0.273. The van der Waals surface area contributed by atoms with Crippen molar-refractivity contribution in [3.63, 3.8) is 0 Å². The number of amides is 1. The molecule has 12 heteroatoms. The molecule has 1 N–H and O–H groups in total. The maximum absolute atomic E-state index is 13.6. The molecule has 1 amide bonds. The van der Waals surface area contributed by atoms with E-state index in [-0.39, 0.29) is 0 Å². The quantitative estimate of drug-likeness (QED) is 0.364. The molecule has 1 aromatic rings. The first-order valence-electron chi connectivity index (χ1n) is 5.69. The molecule has 1 aromatic carbocycles. The van der Waals surface area contributed by atoms with Crippen molar-refractivity contribution >= 4 is 27.7 Å². The predicted octanol–water partition coefficient (Wildman–Crippen LogP) is 1.04. The van der Waals surface area contributed by atoms with Gasteiger partial charge in [-0.25, -0.2) is 26.0 Å². The van der Waals surface area contributed by atoms with Crippen molar-refractivity contribution in [3.05, 3.63) is 23.3 Å². The van der Waals surface area contributed by atoms with E-state index in [0.717, 1.165) is 7.11 Å². The molecule has 0 spiro atoms. The molecular formula is C11H8F4NO6S-. The van der Waals surface area contributed by atoms with Crippen LogP contribution in [0.4, 0.5) is 23.2 Å². The zero-order chi connectivity index (χ0) is 17.9. The van der Waals surface area contributed by atoms with E-state index >= 15 is 0 Å². The number of esters is 1. The maximum Gasteiger partial charge on any atom is 0.306 e. The van der Waals surface area contributed by atoms with Gasteiger partial charge in [0, 0.05) is 6.42 Å². The van der Waals surface area contributed by atoms with Crippen LogP contribution in [0.3, 0.4) is 0 Å². The highest BCUT2D eigenvalue weighted by Crippen LogP contribution is 2.30. The van der Waals surface area contributed by atoms with Crippen molar-refractivity contribution in [1.29, 1.82) is 0 Å².